The highest BCUT2D eigenvalue weighted by Crippen LogP contribution is 2.14. The summed E-state index contributed by atoms with van der Waals surface area (Å²) >= 11 is 0. The van der Waals surface area contributed by atoms with E-state index in [-0.39, 0.29) is 5.97 Å². The van der Waals surface area contributed by atoms with Gasteiger partial charge >= 0.3 is 5.97 Å². The summed E-state index contributed by atoms with van der Waals surface area (Å²) in [7, 11) is 1.96. The van der Waals surface area contributed by atoms with E-state index in [2.05, 4.69) is 31.2 Å². The molecule has 0 aliphatic rings. The van der Waals surface area contributed by atoms with Crippen LogP contribution in [-0.4, -0.2) is 31.2 Å². The van der Waals surface area contributed by atoms with Gasteiger partial charge in [-0.25, -0.2) is 0 Å². The number of likely N-dealkylation sites (N-methyl/N-ethyl adjacent to an activating group) is 1. The van der Waals surface area contributed by atoms with E-state index in [4.69, 9.17) is 9.47 Å². The lowest BCUT2D eigenvalue weighted by atomic mass is 10.1. The Morgan fingerprint density at radius 3 is 2.42 bits per heavy atom. The van der Waals surface area contributed by atoms with Crippen molar-refractivity contribution >= 4 is 5.97 Å². The predicted octanol–water partition coefficient (Wildman–Crippen LogP) is 4.43. The van der Waals surface area contributed by atoms with E-state index >= 15 is 0 Å². The molecule has 26 heavy (non-hydrogen) atoms. The number of esters is 1. The van der Waals surface area contributed by atoms with Gasteiger partial charge in [-0.3, -0.25) is 9.69 Å². The number of ether oxygens (including phenoxy) is 2. The fourth-order valence-electron chi connectivity index (χ4n) is 2.45. The van der Waals surface area contributed by atoms with Crippen LogP contribution in [0, 0.1) is 0 Å². The predicted molar refractivity (Wildman–Crippen MR) is 104 cm³/mol. The van der Waals surface area contributed by atoms with Gasteiger partial charge in [0, 0.05) is 13.0 Å². The molecule has 0 fully saturated rings. The SMILES string of the molecule is CCCCC(=O)OCN(C)CCc1ccc(OCc2ccccc2)cc1. The van der Waals surface area contributed by atoms with Crippen LogP contribution < -0.4 is 4.74 Å². The molecule has 0 aliphatic carbocycles. The first-order valence-electron chi connectivity index (χ1n) is 9.27. The summed E-state index contributed by atoms with van der Waals surface area (Å²) in [6, 6.07) is 18.3. The highest BCUT2D eigenvalue weighted by Gasteiger charge is 2.05. The first-order chi connectivity index (χ1) is 12.7. The summed E-state index contributed by atoms with van der Waals surface area (Å²) in [6.45, 7) is 3.83. The number of benzene rings is 2. The fraction of sp³-hybridized carbons (Fsp3) is 0.409. The van der Waals surface area contributed by atoms with Crippen molar-refractivity contribution in [1.29, 1.82) is 0 Å². The number of hydrogen-bond acceptors (Lipinski definition) is 4. The van der Waals surface area contributed by atoms with Crippen molar-refractivity contribution in [1.82, 2.24) is 4.90 Å². The van der Waals surface area contributed by atoms with Gasteiger partial charge in [-0.05, 0) is 43.1 Å². The zero-order valence-electron chi connectivity index (χ0n) is 15.8. The van der Waals surface area contributed by atoms with Gasteiger partial charge in [0.05, 0.1) is 0 Å². The fourth-order valence-corrected chi connectivity index (χ4v) is 2.45. The second kappa shape index (κ2) is 11.3. The number of hydrogen-bond donors (Lipinski definition) is 0. The molecule has 0 bridgehead atoms. The summed E-state index contributed by atoms with van der Waals surface area (Å²) < 4.78 is 11.1. The molecule has 0 spiro atoms. The molecule has 0 aliphatic heterocycles. The lowest BCUT2D eigenvalue weighted by molar-refractivity contribution is -0.148. The van der Waals surface area contributed by atoms with Crippen LogP contribution >= 0.6 is 0 Å². The molecule has 0 amide bonds. The standard InChI is InChI=1S/C22H29NO3/c1-3-4-10-22(24)26-18-23(2)16-15-19-11-13-21(14-12-19)25-17-20-8-6-5-7-9-20/h5-9,11-14H,3-4,10,15-18H2,1-2H3. The Morgan fingerprint density at radius 1 is 1.00 bits per heavy atom. The summed E-state index contributed by atoms with van der Waals surface area (Å²) in [4.78, 5) is 13.5. The van der Waals surface area contributed by atoms with Gasteiger partial charge in [0.2, 0.25) is 0 Å². The van der Waals surface area contributed by atoms with Gasteiger partial charge in [-0.1, -0.05) is 55.8 Å². The number of rotatable bonds is 11. The van der Waals surface area contributed by atoms with Crippen molar-refractivity contribution in [3.8, 4) is 5.75 Å². The average molecular weight is 355 g/mol. The monoisotopic (exact) mass is 355 g/mol. The van der Waals surface area contributed by atoms with Crippen molar-refractivity contribution in [2.75, 3.05) is 20.3 Å². The summed E-state index contributed by atoms with van der Waals surface area (Å²) in [5, 5.41) is 0. The molecule has 4 nitrogen and oxygen atoms in total. The highest BCUT2D eigenvalue weighted by molar-refractivity contribution is 5.69. The van der Waals surface area contributed by atoms with Crippen LogP contribution in [0.2, 0.25) is 0 Å². The van der Waals surface area contributed by atoms with E-state index < -0.39 is 0 Å². The average Bonchev–Trinajstić information content (AvgIpc) is 2.69. The minimum atomic E-state index is -0.112. The van der Waals surface area contributed by atoms with Gasteiger partial charge in [0.15, 0.2) is 0 Å². The Balaban J connectivity index is 1.67. The molecule has 2 aromatic carbocycles. The third-order valence-electron chi connectivity index (χ3n) is 4.13. The van der Waals surface area contributed by atoms with E-state index in [9.17, 15) is 4.79 Å². The van der Waals surface area contributed by atoms with E-state index in [0.717, 1.165) is 37.1 Å². The van der Waals surface area contributed by atoms with Crippen molar-refractivity contribution < 1.29 is 14.3 Å². The van der Waals surface area contributed by atoms with Crippen LogP contribution in [-0.2, 0) is 22.6 Å². The second-order valence-corrected chi connectivity index (χ2v) is 6.50. The molecule has 0 heterocycles. The molecular weight excluding hydrogens is 326 g/mol. The lowest BCUT2D eigenvalue weighted by Gasteiger charge is -2.16. The maximum atomic E-state index is 11.5. The van der Waals surface area contributed by atoms with Gasteiger partial charge in [0.1, 0.15) is 19.1 Å². The third-order valence-corrected chi connectivity index (χ3v) is 4.13. The molecule has 0 unspecified atom stereocenters. The maximum absolute atomic E-state index is 11.5. The molecule has 0 saturated carbocycles. The van der Waals surface area contributed by atoms with Crippen LogP contribution in [0.25, 0.3) is 0 Å². The minimum Gasteiger partial charge on any atom is -0.489 e. The first-order valence-corrected chi connectivity index (χ1v) is 9.27. The molecule has 0 radical (unpaired) electrons. The lowest BCUT2D eigenvalue weighted by Crippen LogP contribution is -2.26. The number of unbranched alkanes of at least 4 members (excludes halogenated alkanes) is 1. The normalized spacial score (nSPS) is 10.7. The zero-order valence-corrected chi connectivity index (χ0v) is 15.8. The number of carbonyl (C=O) groups excluding carboxylic acids is 1. The molecule has 0 atom stereocenters. The summed E-state index contributed by atoms with van der Waals surface area (Å²) in [5.74, 6) is 0.759. The Hall–Kier alpha value is -2.33. The van der Waals surface area contributed by atoms with Crippen LogP contribution in [0.15, 0.2) is 54.6 Å². The van der Waals surface area contributed by atoms with Gasteiger partial charge in [0.25, 0.3) is 0 Å². The third kappa shape index (κ3) is 7.70. The van der Waals surface area contributed by atoms with Crippen LogP contribution in [0.3, 0.4) is 0 Å². The first kappa shape index (κ1) is 20.0. The molecule has 2 aromatic rings. The van der Waals surface area contributed by atoms with Crippen LogP contribution in [0.1, 0.15) is 37.3 Å². The van der Waals surface area contributed by atoms with Gasteiger partial charge < -0.3 is 9.47 Å². The zero-order chi connectivity index (χ0) is 18.6. The van der Waals surface area contributed by atoms with E-state index in [1.165, 1.54) is 5.56 Å². The van der Waals surface area contributed by atoms with Crippen molar-refractivity contribution in [3.63, 3.8) is 0 Å². The summed E-state index contributed by atoms with van der Waals surface area (Å²) in [6.07, 6.45) is 3.31. The van der Waals surface area contributed by atoms with Crippen LogP contribution in [0.4, 0.5) is 0 Å². The van der Waals surface area contributed by atoms with E-state index in [1.807, 2.05) is 42.3 Å². The van der Waals surface area contributed by atoms with Crippen molar-refractivity contribution in [2.24, 2.45) is 0 Å². The molecular formula is C22H29NO3. The topological polar surface area (TPSA) is 38.8 Å². The Labute approximate surface area is 156 Å². The Morgan fingerprint density at radius 2 is 1.73 bits per heavy atom. The maximum Gasteiger partial charge on any atom is 0.307 e. The van der Waals surface area contributed by atoms with E-state index in [0.29, 0.717) is 19.8 Å². The molecule has 140 valence electrons. The van der Waals surface area contributed by atoms with Crippen LogP contribution in [0.5, 0.6) is 5.75 Å². The number of nitrogens with zero attached hydrogens (tertiary/aromatic N) is 1. The quantitative estimate of drug-likeness (QED) is 0.441. The molecule has 0 saturated heterocycles. The van der Waals surface area contributed by atoms with Crippen molar-refractivity contribution in [2.45, 2.75) is 39.2 Å². The molecule has 2 rings (SSSR count). The highest BCUT2D eigenvalue weighted by atomic mass is 16.5. The van der Waals surface area contributed by atoms with Gasteiger partial charge in [-0.15, -0.1) is 0 Å². The summed E-state index contributed by atoms with van der Waals surface area (Å²) in [5.41, 5.74) is 2.40. The van der Waals surface area contributed by atoms with Crippen molar-refractivity contribution in [3.05, 3.63) is 65.7 Å². The molecule has 0 N–H and O–H groups in total. The smallest absolute Gasteiger partial charge is 0.307 e. The van der Waals surface area contributed by atoms with Gasteiger partial charge in [-0.2, -0.15) is 0 Å². The Kier molecular flexibility index (Phi) is 8.70. The Bertz CT molecular complexity index is 640. The molecule has 4 heteroatoms. The second-order valence-electron chi connectivity index (χ2n) is 6.50. The molecule has 0 aromatic heterocycles. The minimum absolute atomic E-state index is 0.112. The number of carbonyl (C=O) groups is 1. The largest absolute Gasteiger partial charge is 0.489 e. The van der Waals surface area contributed by atoms with E-state index in [1.54, 1.807) is 0 Å².